The van der Waals surface area contributed by atoms with E-state index >= 15 is 0 Å². The van der Waals surface area contributed by atoms with Gasteiger partial charge in [0.2, 0.25) is 5.91 Å². The molecule has 2 aromatic rings. The zero-order chi connectivity index (χ0) is 16.9. The van der Waals surface area contributed by atoms with E-state index in [1.165, 1.54) is 6.92 Å². The highest BCUT2D eigenvalue weighted by Gasteiger charge is 2.28. The van der Waals surface area contributed by atoms with Gasteiger partial charge in [-0.05, 0) is 30.5 Å². The molecule has 2 rings (SSSR count). The van der Waals surface area contributed by atoms with Gasteiger partial charge < -0.3 is 5.32 Å². The van der Waals surface area contributed by atoms with Crippen molar-refractivity contribution in [3.63, 3.8) is 0 Å². The lowest BCUT2D eigenvalue weighted by atomic mass is 10.1. The molecule has 4 nitrogen and oxygen atoms in total. The number of aryl methyl sites for hydroxylation is 1. The molecule has 0 aliphatic carbocycles. The van der Waals surface area contributed by atoms with Gasteiger partial charge in [-0.3, -0.25) is 4.79 Å². The summed E-state index contributed by atoms with van der Waals surface area (Å²) >= 11 is 0. The summed E-state index contributed by atoms with van der Waals surface area (Å²) in [5, 5.41) is 1.61. The van der Waals surface area contributed by atoms with Crippen LogP contribution in [0.2, 0.25) is 0 Å². The van der Waals surface area contributed by atoms with Crippen molar-refractivity contribution in [1.29, 1.82) is 0 Å². The number of hydrogen-bond donors (Lipinski definition) is 1. The van der Waals surface area contributed by atoms with E-state index < -0.39 is 21.0 Å². The Labute approximate surface area is 137 Å². The van der Waals surface area contributed by atoms with E-state index in [4.69, 9.17) is 0 Å². The average Bonchev–Trinajstić information content (AvgIpc) is 2.55. The van der Waals surface area contributed by atoms with Crippen LogP contribution in [-0.2, 0) is 26.9 Å². The molecule has 2 aromatic carbocycles. The molecule has 1 amide bonds. The fraction of sp³-hybridized carbons (Fsp3) is 0.278. The highest BCUT2D eigenvalue weighted by atomic mass is 32.2. The first-order valence-corrected chi connectivity index (χ1v) is 9.19. The van der Waals surface area contributed by atoms with E-state index in [-0.39, 0.29) is 5.75 Å². The van der Waals surface area contributed by atoms with Crippen molar-refractivity contribution in [2.75, 3.05) is 0 Å². The summed E-state index contributed by atoms with van der Waals surface area (Å²) in [6.07, 6.45) is 0. The second-order valence-electron chi connectivity index (χ2n) is 5.58. The van der Waals surface area contributed by atoms with Crippen LogP contribution >= 0.6 is 0 Å². The van der Waals surface area contributed by atoms with Gasteiger partial charge in [0.05, 0.1) is 5.75 Å². The van der Waals surface area contributed by atoms with Crippen molar-refractivity contribution in [3.05, 3.63) is 71.3 Å². The average molecular weight is 331 g/mol. The molecule has 1 N–H and O–H groups in total. The van der Waals surface area contributed by atoms with Gasteiger partial charge in [0.15, 0.2) is 9.84 Å². The lowest BCUT2D eigenvalue weighted by Crippen LogP contribution is -2.38. The molecule has 5 heteroatoms. The summed E-state index contributed by atoms with van der Waals surface area (Å²) in [4.78, 5) is 12.1. The third kappa shape index (κ3) is 4.66. The number of sulfone groups is 1. The van der Waals surface area contributed by atoms with Crippen LogP contribution in [-0.4, -0.2) is 19.6 Å². The fourth-order valence-corrected chi connectivity index (χ4v) is 3.62. The third-order valence-electron chi connectivity index (χ3n) is 3.84. The zero-order valence-electron chi connectivity index (χ0n) is 13.3. The molecule has 0 spiro atoms. The summed E-state index contributed by atoms with van der Waals surface area (Å²) < 4.78 is 24.9. The maximum atomic E-state index is 12.4. The SMILES string of the molecule is Cc1ccccc1CS(=O)(=O)C(C)C(=O)NCc1ccccc1. The Balaban J connectivity index is 2.01. The van der Waals surface area contributed by atoms with Crippen LogP contribution in [0.15, 0.2) is 54.6 Å². The molecule has 122 valence electrons. The Morgan fingerprint density at radius 2 is 1.65 bits per heavy atom. The molecule has 0 bridgehead atoms. The quantitative estimate of drug-likeness (QED) is 0.885. The van der Waals surface area contributed by atoms with Crippen LogP contribution in [0.4, 0.5) is 0 Å². The van der Waals surface area contributed by atoms with Crippen molar-refractivity contribution < 1.29 is 13.2 Å². The number of rotatable bonds is 6. The molecule has 1 atom stereocenters. The first-order valence-electron chi connectivity index (χ1n) is 7.48. The van der Waals surface area contributed by atoms with Crippen LogP contribution in [0.1, 0.15) is 23.6 Å². The Morgan fingerprint density at radius 3 is 2.30 bits per heavy atom. The Hall–Kier alpha value is -2.14. The summed E-state index contributed by atoms with van der Waals surface area (Å²) in [5.74, 6) is -0.595. The number of carbonyl (C=O) groups excluding carboxylic acids is 1. The van der Waals surface area contributed by atoms with Crippen LogP contribution in [0.5, 0.6) is 0 Å². The van der Waals surface area contributed by atoms with Gasteiger partial charge in [-0.15, -0.1) is 0 Å². The van der Waals surface area contributed by atoms with Gasteiger partial charge in [0.25, 0.3) is 0 Å². The van der Waals surface area contributed by atoms with Crippen LogP contribution in [0, 0.1) is 6.92 Å². The Morgan fingerprint density at radius 1 is 1.04 bits per heavy atom. The van der Waals surface area contributed by atoms with Crippen molar-refractivity contribution in [3.8, 4) is 0 Å². The van der Waals surface area contributed by atoms with E-state index in [1.807, 2.05) is 49.4 Å². The maximum absolute atomic E-state index is 12.4. The molecule has 0 aliphatic heterocycles. The molecule has 0 radical (unpaired) electrons. The van der Waals surface area contributed by atoms with Crippen molar-refractivity contribution in [2.24, 2.45) is 0 Å². The fourth-order valence-electron chi connectivity index (χ4n) is 2.21. The van der Waals surface area contributed by atoms with Gasteiger partial charge in [-0.1, -0.05) is 54.6 Å². The van der Waals surface area contributed by atoms with E-state index in [0.717, 1.165) is 16.7 Å². The summed E-state index contributed by atoms with van der Waals surface area (Å²) in [7, 11) is -3.55. The monoisotopic (exact) mass is 331 g/mol. The normalized spacial score (nSPS) is 12.6. The van der Waals surface area contributed by atoms with Crippen LogP contribution in [0.25, 0.3) is 0 Å². The molecular formula is C18H21NO3S. The first-order chi connectivity index (χ1) is 10.9. The van der Waals surface area contributed by atoms with E-state index in [2.05, 4.69) is 5.32 Å². The van der Waals surface area contributed by atoms with Crippen LogP contribution < -0.4 is 5.32 Å². The zero-order valence-corrected chi connectivity index (χ0v) is 14.1. The second-order valence-corrected chi connectivity index (χ2v) is 7.90. The molecule has 0 heterocycles. The molecule has 23 heavy (non-hydrogen) atoms. The highest BCUT2D eigenvalue weighted by molar-refractivity contribution is 7.92. The predicted molar refractivity (Wildman–Crippen MR) is 91.6 cm³/mol. The molecule has 0 fully saturated rings. The van der Waals surface area contributed by atoms with Gasteiger partial charge >= 0.3 is 0 Å². The van der Waals surface area contributed by atoms with Crippen molar-refractivity contribution in [2.45, 2.75) is 31.4 Å². The van der Waals surface area contributed by atoms with Crippen molar-refractivity contribution in [1.82, 2.24) is 5.32 Å². The van der Waals surface area contributed by atoms with Crippen molar-refractivity contribution >= 4 is 15.7 Å². The minimum Gasteiger partial charge on any atom is -0.351 e. The molecule has 0 aliphatic rings. The lowest BCUT2D eigenvalue weighted by Gasteiger charge is -2.14. The molecule has 1 unspecified atom stereocenters. The Bertz CT molecular complexity index is 770. The number of nitrogens with one attached hydrogen (secondary N) is 1. The minimum atomic E-state index is -3.55. The van der Waals surface area contributed by atoms with E-state index in [9.17, 15) is 13.2 Å². The van der Waals surface area contributed by atoms with Gasteiger partial charge in [-0.2, -0.15) is 0 Å². The predicted octanol–water partition coefficient (Wildman–Crippen LogP) is 2.61. The number of carbonyl (C=O) groups is 1. The maximum Gasteiger partial charge on any atom is 0.238 e. The lowest BCUT2D eigenvalue weighted by molar-refractivity contribution is -0.120. The molecular weight excluding hydrogens is 310 g/mol. The standard InChI is InChI=1S/C18H21NO3S/c1-14-8-6-7-11-17(14)13-23(21,22)15(2)18(20)19-12-16-9-4-3-5-10-16/h3-11,15H,12-13H2,1-2H3,(H,19,20). The summed E-state index contributed by atoms with van der Waals surface area (Å²) in [5.41, 5.74) is 2.58. The van der Waals surface area contributed by atoms with Crippen LogP contribution in [0.3, 0.4) is 0 Å². The molecule has 0 aromatic heterocycles. The molecule has 0 saturated carbocycles. The Kier molecular flexibility index (Phi) is 5.55. The number of hydrogen-bond acceptors (Lipinski definition) is 3. The number of benzene rings is 2. The second kappa shape index (κ2) is 7.42. The van der Waals surface area contributed by atoms with E-state index in [1.54, 1.807) is 12.1 Å². The minimum absolute atomic E-state index is 0.125. The van der Waals surface area contributed by atoms with E-state index in [0.29, 0.717) is 6.54 Å². The van der Waals surface area contributed by atoms with Gasteiger partial charge in [-0.25, -0.2) is 8.42 Å². The highest BCUT2D eigenvalue weighted by Crippen LogP contribution is 2.15. The summed E-state index contributed by atoms with van der Waals surface area (Å²) in [6.45, 7) is 3.63. The van der Waals surface area contributed by atoms with Gasteiger partial charge in [0.1, 0.15) is 5.25 Å². The summed E-state index contributed by atoms with van der Waals surface area (Å²) in [6, 6.07) is 16.7. The third-order valence-corrected chi connectivity index (χ3v) is 5.84. The van der Waals surface area contributed by atoms with Gasteiger partial charge in [0, 0.05) is 6.54 Å². The smallest absolute Gasteiger partial charge is 0.238 e. The first kappa shape index (κ1) is 17.2. The molecule has 0 saturated heterocycles. The topological polar surface area (TPSA) is 63.2 Å². The largest absolute Gasteiger partial charge is 0.351 e. The number of amides is 1.